The molecule has 27 heavy (non-hydrogen) atoms. The molecule has 9 heteroatoms. The van der Waals surface area contributed by atoms with Crippen molar-refractivity contribution in [3.8, 4) is 10.6 Å². The standard InChI is InChI=1S/C18H14Cl2N2O3S2/c1-27(24,25)10-11-2-5-13(6-3-11)21-17(23)16-9-26-18(22-16)12-4-7-14(19)15(20)8-12/h2-9H,10H2,1H3,(H,21,23). The highest BCUT2D eigenvalue weighted by molar-refractivity contribution is 7.89. The van der Waals surface area contributed by atoms with Crippen molar-refractivity contribution in [2.24, 2.45) is 0 Å². The highest BCUT2D eigenvalue weighted by Crippen LogP contribution is 2.30. The zero-order valence-electron chi connectivity index (χ0n) is 14.1. The van der Waals surface area contributed by atoms with Gasteiger partial charge in [-0.25, -0.2) is 13.4 Å². The van der Waals surface area contributed by atoms with E-state index in [0.717, 1.165) is 5.56 Å². The van der Waals surface area contributed by atoms with Crippen molar-refractivity contribution >= 4 is 56.0 Å². The van der Waals surface area contributed by atoms with Gasteiger partial charge in [0.05, 0.1) is 15.8 Å². The lowest BCUT2D eigenvalue weighted by Crippen LogP contribution is -2.12. The van der Waals surface area contributed by atoms with E-state index in [1.807, 2.05) is 0 Å². The molecule has 140 valence electrons. The molecule has 1 N–H and O–H groups in total. The number of nitrogens with zero attached hydrogens (tertiary/aromatic N) is 1. The van der Waals surface area contributed by atoms with Gasteiger partial charge < -0.3 is 5.32 Å². The number of aromatic nitrogens is 1. The summed E-state index contributed by atoms with van der Waals surface area (Å²) in [6.07, 6.45) is 1.18. The minimum atomic E-state index is -3.10. The molecule has 3 rings (SSSR count). The highest BCUT2D eigenvalue weighted by atomic mass is 35.5. The van der Waals surface area contributed by atoms with Crippen LogP contribution in [0.2, 0.25) is 10.0 Å². The van der Waals surface area contributed by atoms with Crippen LogP contribution >= 0.6 is 34.5 Å². The van der Waals surface area contributed by atoms with Crippen LogP contribution in [0.25, 0.3) is 10.6 Å². The minimum absolute atomic E-state index is 0.0413. The molecule has 0 aliphatic carbocycles. The number of rotatable bonds is 5. The molecule has 1 heterocycles. The normalized spacial score (nSPS) is 11.4. The first kappa shape index (κ1) is 19.8. The number of anilines is 1. The van der Waals surface area contributed by atoms with Crippen molar-refractivity contribution in [1.82, 2.24) is 4.98 Å². The maximum atomic E-state index is 12.4. The van der Waals surface area contributed by atoms with Crippen LogP contribution < -0.4 is 5.32 Å². The van der Waals surface area contributed by atoms with Crippen molar-refractivity contribution in [2.75, 3.05) is 11.6 Å². The van der Waals surface area contributed by atoms with E-state index in [9.17, 15) is 13.2 Å². The summed E-state index contributed by atoms with van der Waals surface area (Å²) in [7, 11) is -3.10. The zero-order chi connectivity index (χ0) is 19.6. The lowest BCUT2D eigenvalue weighted by Gasteiger charge is -2.05. The number of carbonyl (C=O) groups is 1. The van der Waals surface area contributed by atoms with E-state index < -0.39 is 9.84 Å². The predicted octanol–water partition coefficient (Wildman–Crippen LogP) is 4.91. The van der Waals surface area contributed by atoms with Gasteiger partial charge in [0.2, 0.25) is 0 Å². The van der Waals surface area contributed by atoms with Gasteiger partial charge in [0.25, 0.3) is 5.91 Å². The zero-order valence-corrected chi connectivity index (χ0v) is 17.2. The van der Waals surface area contributed by atoms with Crippen LogP contribution in [0.4, 0.5) is 5.69 Å². The van der Waals surface area contributed by atoms with Crippen LogP contribution in [0.1, 0.15) is 16.1 Å². The van der Waals surface area contributed by atoms with Crippen LogP contribution in [0.5, 0.6) is 0 Å². The van der Waals surface area contributed by atoms with Crippen molar-refractivity contribution in [1.29, 1.82) is 0 Å². The van der Waals surface area contributed by atoms with Crippen molar-refractivity contribution in [3.05, 3.63) is 69.1 Å². The molecule has 0 aliphatic heterocycles. The van der Waals surface area contributed by atoms with E-state index >= 15 is 0 Å². The Morgan fingerprint density at radius 2 is 1.81 bits per heavy atom. The van der Waals surface area contributed by atoms with Gasteiger partial charge in [-0.05, 0) is 29.8 Å². The summed E-state index contributed by atoms with van der Waals surface area (Å²) < 4.78 is 22.6. The van der Waals surface area contributed by atoms with Crippen LogP contribution in [0.3, 0.4) is 0 Å². The number of hydrogen-bond acceptors (Lipinski definition) is 5. The smallest absolute Gasteiger partial charge is 0.275 e. The first-order valence-corrected chi connectivity index (χ1v) is 11.4. The molecule has 0 fully saturated rings. The average Bonchev–Trinajstić information content (AvgIpc) is 3.08. The summed E-state index contributed by atoms with van der Waals surface area (Å²) in [6.45, 7) is 0. The fourth-order valence-corrected chi connectivity index (χ4v) is 4.22. The SMILES string of the molecule is CS(=O)(=O)Cc1ccc(NC(=O)c2csc(-c3ccc(Cl)c(Cl)c3)n2)cc1. The molecule has 0 unspecified atom stereocenters. The number of carbonyl (C=O) groups excluding carboxylic acids is 1. The summed E-state index contributed by atoms with van der Waals surface area (Å²) in [4.78, 5) is 16.7. The van der Waals surface area contributed by atoms with E-state index in [2.05, 4.69) is 10.3 Å². The number of amides is 1. The Hall–Kier alpha value is -1.93. The number of nitrogens with one attached hydrogen (secondary N) is 1. The molecule has 2 aromatic carbocycles. The Morgan fingerprint density at radius 3 is 2.44 bits per heavy atom. The summed E-state index contributed by atoms with van der Waals surface area (Å²) in [5, 5.41) is 5.93. The van der Waals surface area contributed by atoms with Gasteiger partial charge in [-0.1, -0.05) is 41.4 Å². The molecule has 1 amide bonds. The second-order valence-corrected chi connectivity index (χ2v) is 9.70. The van der Waals surface area contributed by atoms with Crippen LogP contribution in [-0.4, -0.2) is 25.6 Å². The lowest BCUT2D eigenvalue weighted by molar-refractivity contribution is 0.102. The van der Waals surface area contributed by atoms with E-state index in [-0.39, 0.29) is 17.4 Å². The fourth-order valence-electron chi connectivity index (χ4n) is 2.32. The molecular weight excluding hydrogens is 427 g/mol. The van der Waals surface area contributed by atoms with Crippen LogP contribution in [0.15, 0.2) is 47.8 Å². The molecule has 0 bridgehead atoms. The van der Waals surface area contributed by atoms with Crippen molar-refractivity contribution in [3.63, 3.8) is 0 Å². The predicted molar refractivity (Wildman–Crippen MR) is 111 cm³/mol. The van der Waals surface area contributed by atoms with Gasteiger partial charge in [-0.3, -0.25) is 4.79 Å². The maximum Gasteiger partial charge on any atom is 0.275 e. The number of benzene rings is 2. The molecule has 1 aromatic heterocycles. The van der Waals surface area contributed by atoms with Crippen molar-refractivity contribution in [2.45, 2.75) is 5.75 Å². The molecule has 0 spiro atoms. The van der Waals surface area contributed by atoms with Gasteiger partial charge in [0, 0.05) is 22.9 Å². The van der Waals surface area contributed by atoms with Gasteiger partial charge >= 0.3 is 0 Å². The number of thiazole rings is 1. The molecule has 5 nitrogen and oxygen atoms in total. The summed E-state index contributed by atoms with van der Waals surface area (Å²) in [5.74, 6) is -0.395. The third-order valence-electron chi connectivity index (χ3n) is 3.54. The van der Waals surface area contributed by atoms with E-state index in [1.165, 1.54) is 17.6 Å². The molecule has 0 atom stereocenters. The Balaban J connectivity index is 1.71. The Labute approximate surface area is 170 Å². The molecule has 0 saturated carbocycles. The van der Waals surface area contributed by atoms with Crippen LogP contribution in [0, 0.1) is 0 Å². The topological polar surface area (TPSA) is 76.1 Å². The molecule has 0 aliphatic rings. The monoisotopic (exact) mass is 440 g/mol. The average molecular weight is 441 g/mol. The van der Waals surface area contributed by atoms with Crippen LogP contribution in [-0.2, 0) is 15.6 Å². The summed E-state index contributed by atoms with van der Waals surface area (Å²) >= 11 is 13.3. The molecule has 3 aromatic rings. The Bertz CT molecular complexity index is 1090. The molecule has 0 radical (unpaired) electrons. The quantitative estimate of drug-likeness (QED) is 0.610. The van der Waals surface area contributed by atoms with E-state index in [1.54, 1.807) is 47.8 Å². The van der Waals surface area contributed by atoms with Gasteiger partial charge in [0.15, 0.2) is 9.84 Å². The molecular formula is C18H14Cl2N2O3S2. The fraction of sp³-hybridized carbons (Fsp3) is 0.111. The van der Waals surface area contributed by atoms with Crippen molar-refractivity contribution < 1.29 is 13.2 Å². The number of halogens is 2. The van der Waals surface area contributed by atoms with E-state index in [0.29, 0.717) is 26.3 Å². The third-order valence-corrected chi connectivity index (χ3v) is 6.03. The third kappa shape index (κ3) is 5.29. The summed E-state index contributed by atoms with van der Waals surface area (Å²) in [6, 6.07) is 11.8. The summed E-state index contributed by atoms with van der Waals surface area (Å²) in [5.41, 5.74) is 2.27. The van der Waals surface area contributed by atoms with E-state index in [4.69, 9.17) is 23.2 Å². The largest absolute Gasteiger partial charge is 0.321 e. The van der Waals surface area contributed by atoms with Gasteiger partial charge in [0.1, 0.15) is 10.7 Å². The highest BCUT2D eigenvalue weighted by Gasteiger charge is 2.13. The van der Waals surface area contributed by atoms with Gasteiger partial charge in [-0.15, -0.1) is 11.3 Å². The Morgan fingerprint density at radius 1 is 1.11 bits per heavy atom. The number of sulfone groups is 1. The maximum absolute atomic E-state index is 12.4. The second-order valence-electron chi connectivity index (χ2n) is 5.89. The first-order chi connectivity index (χ1) is 12.7. The molecule has 0 saturated heterocycles. The Kier molecular flexibility index (Phi) is 5.86. The first-order valence-electron chi connectivity index (χ1n) is 7.70. The lowest BCUT2D eigenvalue weighted by atomic mass is 10.2. The second kappa shape index (κ2) is 7.98. The number of hydrogen-bond donors (Lipinski definition) is 1. The van der Waals surface area contributed by atoms with Gasteiger partial charge in [-0.2, -0.15) is 0 Å². The minimum Gasteiger partial charge on any atom is -0.321 e.